The van der Waals surface area contributed by atoms with Gasteiger partial charge in [0.15, 0.2) is 0 Å². The molecule has 2 rings (SSSR count). The van der Waals surface area contributed by atoms with E-state index in [4.69, 9.17) is 0 Å². The van der Waals surface area contributed by atoms with Gasteiger partial charge in [0.25, 0.3) is 0 Å². The van der Waals surface area contributed by atoms with Crippen LogP contribution >= 0.6 is 15.9 Å². The zero-order valence-electron chi connectivity index (χ0n) is 12.4. The van der Waals surface area contributed by atoms with Gasteiger partial charge in [-0.2, -0.15) is 0 Å². The molecule has 2 aromatic rings. The summed E-state index contributed by atoms with van der Waals surface area (Å²) in [5.41, 5.74) is 0.925. The molecule has 4 heteroatoms. The van der Waals surface area contributed by atoms with E-state index >= 15 is 0 Å². The highest BCUT2D eigenvalue weighted by Crippen LogP contribution is 2.26. The first-order valence-electron chi connectivity index (χ1n) is 6.72. The van der Waals surface area contributed by atoms with Crippen molar-refractivity contribution in [2.24, 2.45) is 0 Å². The van der Waals surface area contributed by atoms with E-state index in [0.717, 1.165) is 20.9 Å². The Morgan fingerprint density at radius 2 is 1.90 bits per heavy atom. The van der Waals surface area contributed by atoms with E-state index in [9.17, 15) is 5.11 Å². The molecule has 0 aliphatic carbocycles. The van der Waals surface area contributed by atoms with Gasteiger partial charge in [-0.1, -0.05) is 28.1 Å². The number of nitrogens with one attached hydrogen (secondary N) is 1. The fourth-order valence-electron chi connectivity index (χ4n) is 1.87. The molecule has 20 heavy (non-hydrogen) atoms. The Labute approximate surface area is 128 Å². The van der Waals surface area contributed by atoms with Gasteiger partial charge in [0, 0.05) is 28.1 Å². The lowest BCUT2D eigenvalue weighted by Crippen LogP contribution is -2.55. The van der Waals surface area contributed by atoms with Crippen LogP contribution in [0.4, 0.5) is 0 Å². The summed E-state index contributed by atoms with van der Waals surface area (Å²) in [7, 11) is 0. The number of hydrogen-bond acceptors (Lipinski definition) is 3. The molecule has 0 spiro atoms. The Kier molecular flexibility index (Phi) is 4.19. The Morgan fingerprint density at radius 1 is 1.20 bits per heavy atom. The first kappa shape index (κ1) is 15.4. The second kappa shape index (κ2) is 5.43. The topological polar surface area (TPSA) is 45.1 Å². The van der Waals surface area contributed by atoms with E-state index in [2.05, 4.69) is 38.4 Å². The Bertz CT molecular complexity index is 617. The first-order valence-corrected chi connectivity index (χ1v) is 7.51. The fraction of sp³-hybridized carbons (Fsp3) is 0.438. The van der Waals surface area contributed by atoms with Crippen LogP contribution in [0.15, 0.2) is 34.9 Å². The predicted molar refractivity (Wildman–Crippen MR) is 86.7 cm³/mol. The van der Waals surface area contributed by atoms with E-state index in [1.807, 2.05) is 39.8 Å². The molecular weight excluding hydrogens is 316 g/mol. The molecule has 0 aliphatic heterocycles. The molecule has 2 N–H and O–H groups in total. The van der Waals surface area contributed by atoms with Crippen molar-refractivity contribution < 1.29 is 5.11 Å². The maximum Gasteiger partial charge on any atom is 0.0767 e. The third-order valence-electron chi connectivity index (χ3n) is 4.05. The lowest BCUT2D eigenvalue weighted by atomic mass is 9.86. The smallest absolute Gasteiger partial charge is 0.0767 e. The van der Waals surface area contributed by atoms with Crippen LogP contribution in [-0.2, 0) is 6.54 Å². The second-order valence-corrected chi connectivity index (χ2v) is 7.00. The highest BCUT2D eigenvalue weighted by atomic mass is 79.9. The normalized spacial score (nSPS) is 12.9. The summed E-state index contributed by atoms with van der Waals surface area (Å²) in [4.78, 5) is 4.47. The molecule has 0 saturated carbocycles. The van der Waals surface area contributed by atoms with Gasteiger partial charge in [0.05, 0.1) is 11.1 Å². The first-order chi connectivity index (χ1) is 9.22. The molecule has 0 aliphatic rings. The molecule has 0 saturated heterocycles. The number of hydrogen-bond donors (Lipinski definition) is 2. The van der Waals surface area contributed by atoms with Crippen LogP contribution in [0.1, 0.15) is 33.3 Å². The number of aliphatic hydroxyl groups is 1. The highest BCUT2D eigenvalue weighted by molar-refractivity contribution is 9.10. The lowest BCUT2D eigenvalue weighted by Gasteiger charge is -2.38. The van der Waals surface area contributed by atoms with E-state index in [1.165, 1.54) is 0 Å². The SMILES string of the molecule is CC(C)(O)C(C)(C)NCc1ccc(Br)c2cccnc12. The fourth-order valence-corrected chi connectivity index (χ4v) is 2.32. The summed E-state index contributed by atoms with van der Waals surface area (Å²) in [5, 5.41) is 14.7. The second-order valence-electron chi connectivity index (χ2n) is 6.14. The monoisotopic (exact) mass is 336 g/mol. The Morgan fingerprint density at radius 3 is 2.55 bits per heavy atom. The van der Waals surface area contributed by atoms with Gasteiger partial charge < -0.3 is 10.4 Å². The number of benzene rings is 1. The molecule has 0 unspecified atom stereocenters. The Balaban J connectivity index is 2.30. The number of pyridine rings is 1. The Hall–Kier alpha value is -0.970. The van der Waals surface area contributed by atoms with Crippen LogP contribution in [0.3, 0.4) is 0 Å². The molecule has 1 aromatic heterocycles. The van der Waals surface area contributed by atoms with Crippen LogP contribution in [0.25, 0.3) is 10.9 Å². The van der Waals surface area contributed by atoms with E-state index in [0.29, 0.717) is 6.54 Å². The van der Waals surface area contributed by atoms with Gasteiger partial charge in [0.2, 0.25) is 0 Å². The lowest BCUT2D eigenvalue weighted by molar-refractivity contribution is -0.00527. The average molecular weight is 337 g/mol. The van der Waals surface area contributed by atoms with Crippen LogP contribution in [0.5, 0.6) is 0 Å². The summed E-state index contributed by atoms with van der Waals surface area (Å²) >= 11 is 3.55. The van der Waals surface area contributed by atoms with Gasteiger partial charge in [0.1, 0.15) is 0 Å². The summed E-state index contributed by atoms with van der Waals surface area (Å²) in [6.07, 6.45) is 1.80. The van der Waals surface area contributed by atoms with Gasteiger partial charge in [-0.15, -0.1) is 0 Å². The van der Waals surface area contributed by atoms with Gasteiger partial charge in [-0.05, 0) is 45.4 Å². The predicted octanol–water partition coefficient (Wildman–Crippen LogP) is 3.64. The largest absolute Gasteiger partial charge is 0.389 e. The molecule has 0 radical (unpaired) electrons. The summed E-state index contributed by atoms with van der Waals surface area (Å²) in [6, 6.07) is 8.09. The molecule has 0 amide bonds. The molecule has 1 heterocycles. The molecule has 1 aromatic carbocycles. The molecular formula is C16H21BrN2O. The van der Waals surface area contributed by atoms with Gasteiger partial charge >= 0.3 is 0 Å². The van der Waals surface area contributed by atoms with Crippen molar-refractivity contribution in [2.75, 3.05) is 0 Å². The number of nitrogens with zero attached hydrogens (tertiary/aromatic N) is 1. The molecule has 108 valence electrons. The molecule has 3 nitrogen and oxygen atoms in total. The van der Waals surface area contributed by atoms with E-state index in [-0.39, 0.29) is 5.54 Å². The van der Waals surface area contributed by atoms with Crippen molar-refractivity contribution in [1.82, 2.24) is 10.3 Å². The minimum Gasteiger partial charge on any atom is -0.389 e. The summed E-state index contributed by atoms with van der Waals surface area (Å²) in [5.74, 6) is 0. The number of aromatic nitrogens is 1. The maximum atomic E-state index is 10.2. The van der Waals surface area contributed by atoms with Crippen molar-refractivity contribution in [1.29, 1.82) is 0 Å². The van der Waals surface area contributed by atoms with E-state index < -0.39 is 5.60 Å². The van der Waals surface area contributed by atoms with Crippen molar-refractivity contribution >= 4 is 26.8 Å². The van der Waals surface area contributed by atoms with Crippen LogP contribution in [0.2, 0.25) is 0 Å². The highest BCUT2D eigenvalue weighted by Gasteiger charge is 2.34. The van der Waals surface area contributed by atoms with Crippen molar-refractivity contribution in [3.8, 4) is 0 Å². The minimum absolute atomic E-state index is 0.388. The number of rotatable bonds is 4. The maximum absolute atomic E-state index is 10.2. The molecule has 0 fully saturated rings. The summed E-state index contributed by atoms with van der Waals surface area (Å²) in [6.45, 7) is 8.30. The molecule has 0 bridgehead atoms. The molecule has 0 atom stereocenters. The average Bonchev–Trinajstić information content (AvgIpc) is 2.37. The van der Waals surface area contributed by atoms with Crippen LogP contribution in [0, 0.1) is 0 Å². The van der Waals surface area contributed by atoms with E-state index in [1.54, 1.807) is 6.20 Å². The summed E-state index contributed by atoms with van der Waals surface area (Å²) < 4.78 is 1.05. The third-order valence-corrected chi connectivity index (χ3v) is 4.74. The number of fused-ring (bicyclic) bond motifs is 1. The van der Waals surface area contributed by atoms with Crippen molar-refractivity contribution in [2.45, 2.75) is 45.4 Å². The quantitative estimate of drug-likeness (QED) is 0.895. The third kappa shape index (κ3) is 3.03. The van der Waals surface area contributed by atoms with Crippen molar-refractivity contribution in [3.05, 3.63) is 40.5 Å². The van der Waals surface area contributed by atoms with Crippen molar-refractivity contribution in [3.63, 3.8) is 0 Å². The zero-order chi connectivity index (χ0) is 15.0. The zero-order valence-corrected chi connectivity index (χ0v) is 14.0. The standard InChI is InChI=1S/C16H21BrN2O/c1-15(2,16(3,4)20)19-10-11-7-8-13(17)12-6-5-9-18-14(11)12/h5-9,19-20H,10H2,1-4H3. The number of halogens is 1. The van der Waals surface area contributed by atoms with Gasteiger partial charge in [-0.25, -0.2) is 0 Å². The minimum atomic E-state index is -0.800. The van der Waals surface area contributed by atoms with Crippen LogP contribution in [-0.4, -0.2) is 21.2 Å². The van der Waals surface area contributed by atoms with Gasteiger partial charge in [-0.3, -0.25) is 4.98 Å². The van der Waals surface area contributed by atoms with Crippen LogP contribution < -0.4 is 5.32 Å².